The van der Waals surface area contributed by atoms with Gasteiger partial charge in [0.15, 0.2) is 5.17 Å². The molecule has 0 aliphatic carbocycles. The summed E-state index contributed by atoms with van der Waals surface area (Å²) in [6, 6.07) is 12.4. The third-order valence-electron chi connectivity index (χ3n) is 2.97. The van der Waals surface area contributed by atoms with Crippen molar-refractivity contribution in [2.75, 3.05) is 0 Å². The number of halogens is 3. The van der Waals surface area contributed by atoms with Crippen molar-refractivity contribution in [1.82, 2.24) is 5.32 Å². The Morgan fingerprint density at radius 1 is 1.04 bits per heavy atom. The summed E-state index contributed by atoms with van der Waals surface area (Å²) in [4.78, 5) is 16.9. The molecule has 1 aliphatic rings. The molecule has 7 heteroatoms. The van der Waals surface area contributed by atoms with Crippen LogP contribution in [0, 0.1) is 0 Å². The third-order valence-corrected chi connectivity index (χ3v) is 4.94. The molecule has 1 fully saturated rings. The molecule has 1 N–H and O–H groups in total. The van der Waals surface area contributed by atoms with Gasteiger partial charge in [0.1, 0.15) is 0 Å². The Bertz CT molecular complexity index is 832. The van der Waals surface area contributed by atoms with Gasteiger partial charge < -0.3 is 5.32 Å². The van der Waals surface area contributed by atoms with E-state index >= 15 is 0 Å². The predicted molar refractivity (Wildman–Crippen MR) is 98.7 cm³/mol. The summed E-state index contributed by atoms with van der Waals surface area (Å²) in [5.74, 6) is -0.207. The molecule has 0 bridgehead atoms. The first-order chi connectivity index (χ1) is 11.0. The van der Waals surface area contributed by atoms with E-state index in [-0.39, 0.29) is 5.91 Å². The Kier molecular flexibility index (Phi) is 4.97. The number of nitrogens with one attached hydrogen (secondary N) is 1. The lowest BCUT2D eigenvalue weighted by atomic mass is 10.2. The van der Waals surface area contributed by atoms with Crippen LogP contribution in [0.15, 0.2) is 52.4 Å². The number of rotatable bonds is 2. The van der Waals surface area contributed by atoms with Crippen LogP contribution >= 0.6 is 46.6 Å². The minimum atomic E-state index is -0.207. The summed E-state index contributed by atoms with van der Waals surface area (Å²) < 4.78 is 0. The number of benzene rings is 2. The van der Waals surface area contributed by atoms with Gasteiger partial charge in [0.25, 0.3) is 5.91 Å². The number of carbonyl (C=O) groups excluding carboxylic acids is 1. The van der Waals surface area contributed by atoms with Crippen LogP contribution in [0.5, 0.6) is 0 Å². The zero-order chi connectivity index (χ0) is 16.4. The van der Waals surface area contributed by atoms with Gasteiger partial charge in [-0.3, -0.25) is 4.79 Å². The highest BCUT2D eigenvalue weighted by Gasteiger charge is 2.24. The molecule has 0 aromatic heterocycles. The molecule has 1 heterocycles. The van der Waals surface area contributed by atoms with Crippen molar-refractivity contribution in [2.24, 2.45) is 4.99 Å². The van der Waals surface area contributed by atoms with E-state index in [0.29, 0.717) is 30.8 Å². The second kappa shape index (κ2) is 6.97. The van der Waals surface area contributed by atoms with Crippen LogP contribution in [0.4, 0.5) is 5.69 Å². The first-order valence-corrected chi connectivity index (χ1v) is 8.47. The Morgan fingerprint density at radius 3 is 2.52 bits per heavy atom. The molecular weight excluding hydrogens is 375 g/mol. The third kappa shape index (κ3) is 3.90. The van der Waals surface area contributed by atoms with Crippen molar-refractivity contribution in [1.29, 1.82) is 0 Å². The molecule has 2 aromatic rings. The quantitative estimate of drug-likeness (QED) is 0.692. The molecule has 2 aromatic carbocycles. The van der Waals surface area contributed by atoms with Gasteiger partial charge in [0, 0.05) is 5.02 Å². The molecule has 0 radical (unpaired) electrons. The van der Waals surface area contributed by atoms with Gasteiger partial charge in [-0.2, -0.15) is 0 Å². The average molecular weight is 384 g/mol. The average Bonchev–Trinajstić information content (AvgIpc) is 2.86. The summed E-state index contributed by atoms with van der Waals surface area (Å²) in [5.41, 5.74) is 1.39. The molecular formula is C16H9Cl3N2OS. The normalized spacial score (nSPS) is 17.8. The molecule has 116 valence electrons. The highest BCUT2D eigenvalue weighted by Crippen LogP contribution is 2.34. The van der Waals surface area contributed by atoms with E-state index < -0.39 is 0 Å². The highest BCUT2D eigenvalue weighted by molar-refractivity contribution is 8.18. The van der Waals surface area contributed by atoms with Gasteiger partial charge in [0.05, 0.1) is 20.6 Å². The molecule has 23 heavy (non-hydrogen) atoms. The molecule has 0 atom stereocenters. The van der Waals surface area contributed by atoms with Crippen LogP contribution in [0.2, 0.25) is 15.1 Å². The van der Waals surface area contributed by atoms with Gasteiger partial charge in [-0.05, 0) is 47.7 Å². The number of thioether (sulfide) groups is 1. The van der Waals surface area contributed by atoms with E-state index in [1.54, 1.807) is 36.4 Å². The summed E-state index contributed by atoms with van der Waals surface area (Å²) in [6.45, 7) is 0. The molecule has 1 saturated heterocycles. The zero-order valence-electron chi connectivity index (χ0n) is 11.5. The molecule has 3 rings (SSSR count). The molecule has 0 unspecified atom stereocenters. The Balaban J connectivity index is 1.86. The summed E-state index contributed by atoms with van der Waals surface area (Å²) >= 11 is 19.2. The Labute approximate surface area is 152 Å². The maximum atomic E-state index is 12.0. The van der Waals surface area contributed by atoms with Crippen molar-refractivity contribution >= 4 is 69.4 Å². The van der Waals surface area contributed by atoms with E-state index in [2.05, 4.69) is 10.3 Å². The summed E-state index contributed by atoms with van der Waals surface area (Å²) in [5, 5.41) is 4.58. The minimum Gasteiger partial charge on any atom is -0.300 e. The van der Waals surface area contributed by atoms with Gasteiger partial charge >= 0.3 is 0 Å². The van der Waals surface area contributed by atoms with Crippen LogP contribution < -0.4 is 5.32 Å². The Hall–Kier alpha value is -1.46. The maximum Gasteiger partial charge on any atom is 0.264 e. The first-order valence-electron chi connectivity index (χ1n) is 6.52. The fourth-order valence-corrected chi connectivity index (χ4v) is 3.18. The monoisotopic (exact) mass is 382 g/mol. The lowest BCUT2D eigenvalue weighted by Crippen LogP contribution is -2.19. The number of amides is 1. The summed E-state index contributed by atoms with van der Waals surface area (Å²) in [6.07, 6.45) is 1.78. The number of nitrogens with zero attached hydrogens (tertiary/aromatic N) is 1. The van der Waals surface area contributed by atoms with Crippen LogP contribution in [-0.4, -0.2) is 11.1 Å². The largest absolute Gasteiger partial charge is 0.300 e. The first kappa shape index (κ1) is 16.4. The number of carbonyl (C=O) groups is 1. The van der Waals surface area contributed by atoms with E-state index in [4.69, 9.17) is 34.8 Å². The molecule has 0 saturated carbocycles. The van der Waals surface area contributed by atoms with Crippen molar-refractivity contribution < 1.29 is 4.79 Å². The van der Waals surface area contributed by atoms with E-state index in [0.717, 1.165) is 5.56 Å². The topological polar surface area (TPSA) is 41.5 Å². The SMILES string of the molecule is O=C1NC(=Nc2cccc(Cl)c2Cl)S/C1=C/c1ccc(Cl)cc1. The molecule has 1 aliphatic heterocycles. The number of hydrogen-bond acceptors (Lipinski definition) is 3. The van der Waals surface area contributed by atoms with Crippen molar-refractivity contribution in [2.45, 2.75) is 0 Å². The standard InChI is InChI=1S/C16H9Cl3N2OS/c17-10-6-4-9(5-7-10)8-13-15(22)21-16(23-13)20-12-3-1-2-11(18)14(12)19/h1-8H,(H,20,21,22)/b13-8+. The number of aliphatic imine (C=N–C) groups is 1. The summed E-state index contributed by atoms with van der Waals surface area (Å²) in [7, 11) is 0. The highest BCUT2D eigenvalue weighted by atomic mass is 35.5. The second-order valence-corrected chi connectivity index (χ2v) is 6.86. The molecule has 1 amide bonds. The maximum absolute atomic E-state index is 12.0. The van der Waals surface area contributed by atoms with Crippen molar-refractivity contribution in [3.8, 4) is 0 Å². The van der Waals surface area contributed by atoms with Crippen molar-refractivity contribution in [3.05, 3.63) is 68.0 Å². The lowest BCUT2D eigenvalue weighted by molar-refractivity contribution is -0.115. The van der Waals surface area contributed by atoms with Crippen LogP contribution in [0.3, 0.4) is 0 Å². The number of amidine groups is 1. The van der Waals surface area contributed by atoms with Gasteiger partial charge in [-0.25, -0.2) is 4.99 Å². The fourth-order valence-electron chi connectivity index (χ4n) is 1.88. The van der Waals surface area contributed by atoms with E-state index in [1.165, 1.54) is 11.8 Å². The van der Waals surface area contributed by atoms with E-state index in [1.807, 2.05) is 12.1 Å². The number of hydrogen-bond donors (Lipinski definition) is 1. The van der Waals surface area contributed by atoms with Crippen LogP contribution in [0.1, 0.15) is 5.56 Å². The lowest BCUT2D eigenvalue weighted by Gasteiger charge is -2.00. The molecule has 3 nitrogen and oxygen atoms in total. The second-order valence-electron chi connectivity index (χ2n) is 4.61. The van der Waals surface area contributed by atoms with Crippen LogP contribution in [0.25, 0.3) is 6.08 Å². The van der Waals surface area contributed by atoms with Crippen molar-refractivity contribution in [3.63, 3.8) is 0 Å². The smallest absolute Gasteiger partial charge is 0.264 e. The van der Waals surface area contributed by atoms with Gasteiger partial charge in [0.2, 0.25) is 0 Å². The van der Waals surface area contributed by atoms with E-state index in [9.17, 15) is 4.79 Å². The fraction of sp³-hybridized carbons (Fsp3) is 0. The Morgan fingerprint density at radius 2 is 1.78 bits per heavy atom. The van der Waals surface area contributed by atoms with Gasteiger partial charge in [-0.15, -0.1) is 0 Å². The van der Waals surface area contributed by atoms with Gasteiger partial charge in [-0.1, -0.05) is 53.0 Å². The minimum absolute atomic E-state index is 0.207. The predicted octanol–water partition coefficient (Wildman–Crippen LogP) is 5.54. The zero-order valence-corrected chi connectivity index (χ0v) is 14.6. The van der Waals surface area contributed by atoms with Crippen LogP contribution in [-0.2, 0) is 4.79 Å². The molecule has 0 spiro atoms.